The minimum absolute atomic E-state index is 0.152. The molecule has 6 atom stereocenters. The second-order valence-electron chi connectivity index (χ2n) is 36.9. The molecule has 30 nitrogen and oxygen atoms in total. The van der Waals surface area contributed by atoms with Gasteiger partial charge in [0.05, 0.1) is 0 Å². The lowest BCUT2D eigenvalue weighted by atomic mass is 9.93. The lowest BCUT2D eigenvalue weighted by molar-refractivity contribution is -0.159. The standard InChI is InChI=1S/C102H114N6O24/c1-97(2,3)127-91(115)85(61-37-25-19-26-38-61)103-79(109)55-121-73-49-67-68(50-74(73)122-56-80(110)104-86(62-39-27-20-28-40-62)92(116)128-98(4,5)6)70-52-76(124-58-82(112)106-88(64-43-31-22-32-44-64)94(118)130-100(10,11)12)78(126-60-84(114)108-90(66-47-35-24-36-48-66)96(120)132-102(16,17)18)54-72(70)71-53-77(125-59-83(113)107-89(65-45-33-23-34-46-65)95(119)131-101(13,14)15)75(51-69(67)71)123-57-81(111)105-87(63-41-29-21-30-42-63)93(117)129-99(7,8)9/h19-54,85-90H,55-60H2,1-18H3,(H,103,109)(H,104,110)(H,105,111)(H,106,112)(H,107,113)(H,108,114). The quantitative estimate of drug-likeness (QED) is 0.0121. The van der Waals surface area contributed by atoms with Gasteiger partial charge in [-0.05, 0) is 227 Å². The Morgan fingerprint density at radius 2 is 0.311 bits per heavy atom. The summed E-state index contributed by atoms with van der Waals surface area (Å²) >= 11 is 0. The monoisotopic (exact) mass is 1810 g/mol. The summed E-state index contributed by atoms with van der Waals surface area (Å²) < 4.78 is 74.1. The lowest BCUT2D eigenvalue weighted by Crippen LogP contribution is -2.40. The number of benzene rings is 10. The van der Waals surface area contributed by atoms with Crippen LogP contribution in [0.2, 0.25) is 0 Å². The molecular formula is C102H114N6O24. The van der Waals surface area contributed by atoms with E-state index in [2.05, 4.69) is 31.9 Å². The third-order valence-electron chi connectivity index (χ3n) is 18.8. The summed E-state index contributed by atoms with van der Waals surface area (Å²) in [6, 6.07) is 50.0. The molecular weight excluding hydrogens is 1690 g/mol. The highest BCUT2D eigenvalue weighted by Gasteiger charge is 2.37. The van der Waals surface area contributed by atoms with Crippen molar-refractivity contribution in [1.82, 2.24) is 31.9 Å². The van der Waals surface area contributed by atoms with Crippen LogP contribution in [0.4, 0.5) is 0 Å². The molecule has 6 unspecified atom stereocenters. The highest BCUT2D eigenvalue weighted by Crippen LogP contribution is 2.48. The van der Waals surface area contributed by atoms with Crippen molar-refractivity contribution in [3.8, 4) is 34.5 Å². The molecule has 0 heterocycles. The molecule has 0 aromatic heterocycles. The number of hydrogen-bond donors (Lipinski definition) is 6. The van der Waals surface area contributed by atoms with Crippen LogP contribution in [0.25, 0.3) is 32.3 Å². The summed E-state index contributed by atoms with van der Waals surface area (Å²) in [5.41, 5.74) is -4.00. The summed E-state index contributed by atoms with van der Waals surface area (Å²) in [6.07, 6.45) is 0. The number of carbonyl (C=O) groups is 12. The number of fused-ring (bicyclic) bond motifs is 6. The second kappa shape index (κ2) is 43.2. The highest BCUT2D eigenvalue weighted by atomic mass is 16.6. The van der Waals surface area contributed by atoms with E-state index in [1.54, 1.807) is 307 Å². The molecule has 0 saturated carbocycles. The second-order valence-corrected chi connectivity index (χ2v) is 36.9. The number of carbonyl (C=O) groups excluding carboxylic acids is 12. The fourth-order valence-corrected chi connectivity index (χ4v) is 13.5. The molecule has 132 heavy (non-hydrogen) atoms. The van der Waals surface area contributed by atoms with Crippen molar-refractivity contribution < 1.29 is 114 Å². The molecule has 696 valence electrons. The van der Waals surface area contributed by atoms with Crippen molar-refractivity contribution in [2.75, 3.05) is 39.6 Å². The number of hydrogen-bond acceptors (Lipinski definition) is 24. The normalized spacial score (nSPS) is 13.1. The van der Waals surface area contributed by atoms with Gasteiger partial charge in [-0.3, -0.25) is 28.8 Å². The van der Waals surface area contributed by atoms with Gasteiger partial charge in [0.2, 0.25) is 0 Å². The van der Waals surface area contributed by atoms with E-state index in [9.17, 15) is 57.5 Å². The first kappa shape index (κ1) is 99.6. The van der Waals surface area contributed by atoms with Gasteiger partial charge in [0.25, 0.3) is 35.4 Å². The third kappa shape index (κ3) is 29.7. The predicted molar refractivity (Wildman–Crippen MR) is 491 cm³/mol. The first-order chi connectivity index (χ1) is 62.1. The van der Waals surface area contributed by atoms with Crippen LogP contribution in [0.3, 0.4) is 0 Å². The van der Waals surface area contributed by atoms with E-state index in [-0.39, 0.29) is 66.8 Å². The fraction of sp³-hybridized carbons (Fsp3) is 0.353. The van der Waals surface area contributed by atoms with E-state index in [1.807, 2.05) is 0 Å². The fourth-order valence-electron chi connectivity index (χ4n) is 13.5. The Morgan fingerprint density at radius 3 is 0.417 bits per heavy atom. The SMILES string of the molecule is CC(C)(C)OC(=O)C(NC(=O)COc1cc2c3cc(OCC(=O)NC(C(=O)OC(C)(C)C)c4ccccc4)c(OCC(=O)NC(C(=O)OC(C)(C)C)c4ccccc4)cc3c3cc(OCC(=O)NC(C(=O)OC(C)(C)C)c4ccccc4)c(OCC(=O)NC(C(=O)OC(C)(C)C)c4ccccc4)cc3c2cc1OCC(=O)NC(C(=O)OC(C)(C)C)c1ccccc1)c1ccccc1. The van der Waals surface area contributed by atoms with Crippen LogP contribution >= 0.6 is 0 Å². The van der Waals surface area contributed by atoms with Crippen LogP contribution in [0, 0.1) is 0 Å². The first-order valence-corrected chi connectivity index (χ1v) is 42.9. The average Bonchev–Trinajstić information content (AvgIpc) is 0.722. The highest BCUT2D eigenvalue weighted by molar-refractivity contribution is 6.27. The Labute approximate surface area is 766 Å². The smallest absolute Gasteiger partial charge is 0.333 e. The molecule has 0 aliphatic heterocycles. The van der Waals surface area contributed by atoms with Crippen molar-refractivity contribution in [1.29, 1.82) is 0 Å². The van der Waals surface area contributed by atoms with Gasteiger partial charge in [0.15, 0.2) is 110 Å². The summed E-state index contributed by atoms with van der Waals surface area (Å²) in [4.78, 5) is 173. The Bertz CT molecular complexity index is 4860. The minimum Gasteiger partial charge on any atom is -0.480 e. The number of rotatable bonds is 36. The van der Waals surface area contributed by atoms with Gasteiger partial charge in [0.1, 0.15) is 33.6 Å². The number of ether oxygens (including phenoxy) is 12. The van der Waals surface area contributed by atoms with E-state index in [1.165, 1.54) is 36.4 Å². The maximum absolute atomic E-state index is 14.7. The summed E-state index contributed by atoms with van der Waals surface area (Å²) in [5, 5.41) is 17.3. The largest absolute Gasteiger partial charge is 0.480 e. The lowest BCUT2D eigenvalue weighted by Gasteiger charge is -2.25. The van der Waals surface area contributed by atoms with Gasteiger partial charge in [-0.1, -0.05) is 182 Å². The molecule has 6 N–H and O–H groups in total. The molecule has 0 radical (unpaired) electrons. The van der Waals surface area contributed by atoms with Gasteiger partial charge >= 0.3 is 35.8 Å². The van der Waals surface area contributed by atoms with Crippen LogP contribution in [0.1, 0.15) is 194 Å². The first-order valence-electron chi connectivity index (χ1n) is 42.9. The van der Waals surface area contributed by atoms with Gasteiger partial charge in [-0.25, -0.2) is 28.8 Å². The number of amides is 6. The van der Waals surface area contributed by atoms with Crippen LogP contribution in [-0.2, 0) is 86.0 Å². The van der Waals surface area contributed by atoms with E-state index in [4.69, 9.17) is 56.8 Å². The zero-order chi connectivity index (χ0) is 96.2. The van der Waals surface area contributed by atoms with Gasteiger partial charge < -0.3 is 88.7 Å². The minimum atomic E-state index is -1.39. The van der Waals surface area contributed by atoms with E-state index < -0.39 is 181 Å². The maximum atomic E-state index is 14.7. The Balaban J connectivity index is 1.22. The maximum Gasteiger partial charge on any atom is 0.333 e. The zero-order valence-electron chi connectivity index (χ0n) is 77.3. The molecule has 0 aliphatic rings. The van der Waals surface area contributed by atoms with Crippen LogP contribution in [0.15, 0.2) is 218 Å². The summed E-state index contributed by atoms with van der Waals surface area (Å²) in [7, 11) is 0. The molecule has 0 bridgehead atoms. The van der Waals surface area contributed by atoms with E-state index in [0.717, 1.165) is 0 Å². The molecule has 0 aliphatic carbocycles. The van der Waals surface area contributed by atoms with Crippen molar-refractivity contribution in [3.63, 3.8) is 0 Å². The van der Waals surface area contributed by atoms with Crippen LogP contribution in [-0.4, -0.2) is 145 Å². The molecule has 10 aromatic rings. The molecule has 30 heteroatoms. The van der Waals surface area contributed by atoms with Crippen LogP contribution in [0.5, 0.6) is 34.5 Å². The topological polar surface area (TPSA) is 388 Å². The summed E-state index contributed by atoms with van der Waals surface area (Å²) in [6.45, 7) is 24.6. The van der Waals surface area contributed by atoms with Crippen molar-refractivity contribution in [2.24, 2.45) is 0 Å². The van der Waals surface area contributed by atoms with Crippen molar-refractivity contribution >= 4 is 104 Å². The van der Waals surface area contributed by atoms with Gasteiger partial charge in [-0.15, -0.1) is 0 Å². The van der Waals surface area contributed by atoms with Gasteiger partial charge in [0, 0.05) is 0 Å². The van der Waals surface area contributed by atoms with Crippen LogP contribution < -0.4 is 60.3 Å². The van der Waals surface area contributed by atoms with Gasteiger partial charge in [-0.2, -0.15) is 0 Å². The number of esters is 6. The third-order valence-corrected chi connectivity index (χ3v) is 18.8. The Morgan fingerprint density at radius 1 is 0.197 bits per heavy atom. The molecule has 10 aromatic carbocycles. The van der Waals surface area contributed by atoms with Crippen molar-refractivity contribution in [2.45, 2.75) is 194 Å². The summed E-state index contributed by atoms with van der Waals surface area (Å²) in [5.74, 6) is -11.7. The zero-order valence-corrected chi connectivity index (χ0v) is 77.3. The molecule has 0 saturated heterocycles. The molecule has 0 spiro atoms. The molecule has 0 fully saturated rings. The van der Waals surface area contributed by atoms with E-state index in [0.29, 0.717) is 33.4 Å². The number of nitrogens with one attached hydrogen (secondary N) is 6. The Kier molecular flexibility index (Phi) is 32.6. The van der Waals surface area contributed by atoms with Crippen molar-refractivity contribution in [3.05, 3.63) is 252 Å². The average molecular weight is 1810 g/mol. The Hall–Kier alpha value is -14.6. The molecule has 6 amide bonds. The molecule has 10 rings (SSSR count). The predicted octanol–water partition coefficient (Wildman–Crippen LogP) is 14.6. The van der Waals surface area contributed by atoms with E-state index >= 15 is 0 Å².